The van der Waals surface area contributed by atoms with Crippen LogP contribution in [0.1, 0.15) is 40.0 Å². The van der Waals surface area contributed by atoms with Gasteiger partial charge in [-0.2, -0.15) is 11.8 Å². The number of carbonyl (C=O) groups is 1. The van der Waals surface area contributed by atoms with Gasteiger partial charge in [0, 0.05) is 17.8 Å². The van der Waals surface area contributed by atoms with Crippen molar-refractivity contribution in [1.29, 1.82) is 0 Å². The fourth-order valence-corrected chi connectivity index (χ4v) is 3.13. The van der Waals surface area contributed by atoms with E-state index >= 15 is 0 Å². The molecule has 0 aromatic carbocycles. The van der Waals surface area contributed by atoms with E-state index in [1.54, 1.807) is 13.8 Å². The predicted octanol–water partition coefficient (Wildman–Crippen LogP) is 1.73. The lowest BCUT2D eigenvalue weighted by molar-refractivity contribution is 0.0817. The summed E-state index contributed by atoms with van der Waals surface area (Å²) in [6.45, 7) is 5.80. The Labute approximate surface area is 108 Å². The topological polar surface area (TPSA) is 61.4 Å². The maximum Gasteiger partial charge on any atom is 0.315 e. The smallest absolute Gasteiger partial charge is 0.315 e. The van der Waals surface area contributed by atoms with Crippen LogP contribution in [-0.2, 0) is 0 Å². The summed E-state index contributed by atoms with van der Waals surface area (Å²) in [6.07, 6.45) is 3.32. The van der Waals surface area contributed by atoms with Gasteiger partial charge in [0.15, 0.2) is 0 Å². The number of urea groups is 1. The van der Waals surface area contributed by atoms with Crippen LogP contribution in [0.3, 0.4) is 0 Å². The fourth-order valence-electron chi connectivity index (χ4n) is 1.99. The molecule has 1 aliphatic rings. The summed E-state index contributed by atoms with van der Waals surface area (Å²) in [7, 11) is 0. The maximum absolute atomic E-state index is 11.6. The lowest BCUT2D eigenvalue weighted by atomic mass is 10.1. The minimum absolute atomic E-state index is 0.167. The lowest BCUT2D eigenvalue weighted by Gasteiger charge is -2.19. The summed E-state index contributed by atoms with van der Waals surface area (Å²) in [5.74, 6) is 1.14. The monoisotopic (exact) mass is 260 g/mol. The normalized spacial score (nSPS) is 24.7. The van der Waals surface area contributed by atoms with Crippen LogP contribution >= 0.6 is 11.8 Å². The Morgan fingerprint density at radius 3 is 2.76 bits per heavy atom. The van der Waals surface area contributed by atoms with E-state index in [9.17, 15) is 9.90 Å². The van der Waals surface area contributed by atoms with Gasteiger partial charge in [0.2, 0.25) is 0 Å². The Morgan fingerprint density at radius 2 is 2.18 bits per heavy atom. The molecule has 0 spiro atoms. The van der Waals surface area contributed by atoms with Crippen molar-refractivity contribution in [1.82, 2.24) is 10.6 Å². The van der Waals surface area contributed by atoms with Crippen molar-refractivity contribution in [2.24, 2.45) is 0 Å². The van der Waals surface area contributed by atoms with Crippen molar-refractivity contribution in [2.45, 2.75) is 56.9 Å². The Bertz CT molecular complexity index is 253. The number of aliphatic hydroxyl groups is 1. The van der Waals surface area contributed by atoms with Gasteiger partial charge in [-0.05, 0) is 38.9 Å². The first-order valence-corrected chi connectivity index (χ1v) is 7.34. The molecule has 0 unspecified atom stereocenters. The minimum atomic E-state index is -0.854. The molecule has 17 heavy (non-hydrogen) atoms. The molecule has 1 aliphatic carbocycles. The largest absolute Gasteiger partial charge is 0.389 e. The zero-order valence-electron chi connectivity index (χ0n) is 11.0. The first-order chi connectivity index (χ1) is 7.90. The van der Waals surface area contributed by atoms with E-state index in [0.29, 0.717) is 11.3 Å². The molecule has 0 heterocycles. The van der Waals surface area contributed by atoms with Crippen LogP contribution in [0.4, 0.5) is 4.79 Å². The van der Waals surface area contributed by atoms with Gasteiger partial charge in [0.05, 0.1) is 5.60 Å². The number of hydrogen-bond acceptors (Lipinski definition) is 3. The molecule has 4 nitrogen and oxygen atoms in total. The molecule has 0 bridgehead atoms. The van der Waals surface area contributed by atoms with E-state index < -0.39 is 5.60 Å². The number of nitrogens with one attached hydrogen (secondary N) is 2. The molecular weight excluding hydrogens is 236 g/mol. The van der Waals surface area contributed by atoms with Gasteiger partial charge in [-0.3, -0.25) is 0 Å². The van der Waals surface area contributed by atoms with Gasteiger partial charge >= 0.3 is 6.03 Å². The van der Waals surface area contributed by atoms with Crippen LogP contribution in [0.2, 0.25) is 0 Å². The molecule has 1 fully saturated rings. The summed E-state index contributed by atoms with van der Waals surface area (Å²) < 4.78 is 0. The third kappa shape index (κ3) is 6.17. The highest BCUT2D eigenvalue weighted by molar-refractivity contribution is 7.99. The molecule has 1 saturated carbocycles. The zero-order valence-corrected chi connectivity index (χ0v) is 11.8. The van der Waals surface area contributed by atoms with E-state index in [2.05, 4.69) is 17.6 Å². The standard InChI is InChI=1S/C12H24N2O2S/c1-4-17-10-6-5-9(7-10)14-11(15)13-8-12(2,3)16/h9-10,16H,4-8H2,1-3H3,(H2,13,14,15)/t9-,10-/m1/s1. The van der Waals surface area contributed by atoms with Crippen LogP contribution in [-0.4, -0.2) is 40.3 Å². The predicted molar refractivity (Wildman–Crippen MR) is 72.4 cm³/mol. The molecule has 5 heteroatoms. The summed E-state index contributed by atoms with van der Waals surface area (Å²) in [5, 5.41) is 15.8. The minimum Gasteiger partial charge on any atom is -0.389 e. The Balaban J connectivity index is 2.19. The third-order valence-electron chi connectivity index (χ3n) is 2.80. The van der Waals surface area contributed by atoms with E-state index in [1.807, 2.05) is 11.8 Å². The zero-order chi connectivity index (χ0) is 12.9. The number of amides is 2. The van der Waals surface area contributed by atoms with Crippen molar-refractivity contribution < 1.29 is 9.90 Å². The summed E-state index contributed by atoms with van der Waals surface area (Å²) in [4.78, 5) is 11.6. The van der Waals surface area contributed by atoms with Crippen LogP contribution in [0.5, 0.6) is 0 Å². The van der Waals surface area contributed by atoms with Gasteiger partial charge in [-0.25, -0.2) is 4.79 Å². The molecule has 2 atom stereocenters. The van der Waals surface area contributed by atoms with Crippen molar-refractivity contribution in [3.05, 3.63) is 0 Å². The molecule has 100 valence electrons. The Hall–Kier alpha value is -0.420. The van der Waals surface area contributed by atoms with Gasteiger partial charge < -0.3 is 15.7 Å². The van der Waals surface area contributed by atoms with Crippen LogP contribution < -0.4 is 10.6 Å². The van der Waals surface area contributed by atoms with Crippen LogP contribution in [0.25, 0.3) is 0 Å². The number of rotatable bonds is 5. The lowest BCUT2D eigenvalue weighted by Crippen LogP contribution is -2.46. The van der Waals surface area contributed by atoms with Crippen molar-refractivity contribution in [2.75, 3.05) is 12.3 Å². The van der Waals surface area contributed by atoms with Crippen molar-refractivity contribution in [3.63, 3.8) is 0 Å². The molecule has 0 saturated heterocycles. The second-order valence-corrected chi connectivity index (χ2v) is 6.80. The van der Waals surface area contributed by atoms with E-state index in [1.165, 1.54) is 6.42 Å². The quantitative estimate of drug-likeness (QED) is 0.705. The van der Waals surface area contributed by atoms with Gasteiger partial charge in [-0.15, -0.1) is 0 Å². The second-order valence-electron chi connectivity index (χ2n) is 5.23. The molecule has 1 rings (SSSR count). The average Bonchev–Trinajstić information content (AvgIpc) is 2.62. The molecule has 0 aromatic rings. The number of thioether (sulfide) groups is 1. The third-order valence-corrected chi connectivity index (χ3v) is 4.04. The van der Waals surface area contributed by atoms with E-state index in [4.69, 9.17) is 0 Å². The number of hydrogen-bond donors (Lipinski definition) is 3. The highest BCUT2D eigenvalue weighted by Gasteiger charge is 2.26. The first-order valence-electron chi connectivity index (χ1n) is 6.29. The highest BCUT2D eigenvalue weighted by Crippen LogP contribution is 2.29. The molecule has 0 radical (unpaired) electrons. The highest BCUT2D eigenvalue weighted by atomic mass is 32.2. The first kappa shape index (κ1) is 14.6. The van der Waals surface area contributed by atoms with Gasteiger partial charge in [0.25, 0.3) is 0 Å². The molecule has 0 aliphatic heterocycles. The Morgan fingerprint density at radius 1 is 1.47 bits per heavy atom. The van der Waals surface area contributed by atoms with Gasteiger partial charge in [-0.1, -0.05) is 6.92 Å². The van der Waals surface area contributed by atoms with E-state index in [-0.39, 0.29) is 12.6 Å². The van der Waals surface area contributed by atoms with Crippen molar-refractivity contribution >= 4 is 17.8 Å². The summed E-state index contributed by atoms with van der Waals surface area (Å²) in [6, 6.07) is 0.125. The second kappa shape index (κ2) is 6.50. The summed E-state index contributed by atoms with van der Waals surface area (Å²) >= 11 is 1.98. The average molecular weight is 260 g/mol. The van der Waals surface area contributed by atoms with Crippen molar-refractivity contribution in [3.8, 4) is 0 Å². The van der Waals surface area contributed by atoms with Crippen LogP contribution in [0, 0.1) is 0 Å². The van der Waals surface area contributed by atoms with E-state index in [0.717, 1.165) is 18.6 Å². The fraction of sp³-hybridized carbons (Fsp3) is 0.917. The Kier molecular flexibility index (Phi) is 5.59. The molecule has 2 amide bonds. The van der Waals surface area contributed by atoms with Crippen LogP contribution in [0.15, 0.2) is 0 Å². The number of carbonyl (C=O) groups excluding carboxylic acids is 1. The van der Waals surface area contributed by atoms with Gasteiger partial charge in [0.1, 0.15) is 0 Å². The molecular formula is C12H24N2O2S. The molecule has 0 aromatic heterocycles. The molecule has 3 N–H and O–H groups in total. The SMILES string of the molecule is CCS[C@@H]1CC[C@@H](NC(=O)NCC(C)(C)O)C1. The summed E-state index contributed by atoms with van der Waals surface area (Å²) in [5.41, 5.74) is -0.854. The maximum atomic E-state index is 11.6.